The third-order valence-corrected chi connectivity index (χ3v) is 4.27. The molecule has 7 heteroatoms. The maximum Gasteiger partial charge on any atom is 0.256 e. The average molecular weight is 365 g/mol. The molecule has 1 heterocycles. The van der Waals surface area contributed by atoms with Crippen molar-refractivity contribution < 1.29 is 14.3 Å². The second kappa shape index (κ2) is 6.71. The number of carbonyl (C=O) groups is 2. The zero-order valence-electron chi connectivity index (χ0n) is 12.8. The lowest BCUT2D eigenvalue weighted by Gasteiger charge is -2.17. The minimum absolute atomic E-state index is 0.0593. The Bertz CT molecular complexity index is 793. The topological polar surface area (TPSA) is 58.6 Å². The predicted octanol–water partition coefficient (Wildman–Crippen LogP) is 3.75. The van der Waals surface area contributed by atoms with Crippen LogP contribution < -0.4 is 15.0 Å². The first-order chi connectivity index (χ1) is 11.5. The molecule has 3 rings (SSSR count). The first kappa shape index (κ1) is 16.6. The highest BCUT2D eigenvalue weighted by Crippen LogP contribution is 2.33. The van der Waals surface area contributed by atoms with E-state index in [4.69, 9.17) is 27.9 Å². The number of rotatable bonds is 4. The Morgan fingerprint density at radius 1 is 1.12 bits per heavy atom. The fourth-order valence-electron chi connectivity index (χ4n) is 2.55. The van der Waals surface area contributed by atoms with Crippen molar-refractivity contribution in [2.75, 3.05) is 17.3 Å². The van der Waals surface area contributed by atoms with Crippen molar-refractivity contribution in [3.8, 4) is 5.75 Å². The van der Waals surface area contributed by atoms with E-state index in [0.29, 0.717) is 16.5 Å². The summed E-state index contributed by atoms with van der Waals surface area (Å²) in [5.74, 6) is 0.0548. The molecule has 0 saturated carbocycles. The van der Waals surface area contributed by atoms with Gasteiger partial charge in [-0.05, 0) is 42.5 Å². The molecule has 1 N–H and O–H groups in total. The van der Waals surface area contributed by atoms with Crippen LogP contribution in [0.2, 0.25) is 10.0 Å². The standard InChI is InChI=1S/C17H14Cl2N2O3/c1-24-12-5-3-11(4-6-12)20-14-9-16(22)21(17(14)23)15-7-2-10(18)8-13(15)19/h2-8,14,20H,9H2,1H3/t14-/m1/s1. The van der Waals surface area contributed by atoms with Gasteiger partial charge in [0.15, 0.2) is 0 Å². The highest BCUT2D eigenvalue weighted by atomic mass is 35.5. The van der Waals surface area contributed by atoms with Crippen LogP contribution in [0.15, 0.2) is 42.5 Å². The van der Waals surface area contributed by atoms with Gasteiger partial charge in [-0.2, -0.15) is 0 Å². The molecule has 2 amide bonds. The van der Waals surface area contributed by atoms with Gasteiger partial charge in [0.2, 0.25) is 5.91 Å². The van der Waals surface area contributed by atoms with Gasteiger partial charge in [0.1, 0.15) is 11.8 Å². The van der Waals surface area contributed by atoms with Gasteiger partial charge in [-0.25, -0.2) is 4.90 Å². The van der Waals surface area contributed by atoms with E-state index in [-0.39, 0.29) is 23.3 Å². The van der Waals surface area contributed by atoms with E-state index in [1.807, 2.05) is 0 Å². The second-order valence-electron chi connectivity index (χ2n) is 5.29. The third kappa shape index (κ3) is 3.18. The minimum Gasteiger partial charge on any atom is -0.497 e. The predicted molar refractivity (Wildman–Crippen MR) is 94.0 cm³/mol. The normalized spacial score (nSPS) is 17.3. The number of nitrogens with zero attached hydrogens (tertiary/aromatic N) is 1. The Balaban J connectivity index is 1.80. The summed E-state index contributed by atoms with van der Waals surface area (Å²) in [5.41, 5.74) is 1.07. The zero-order chi connectivity index (χ0) is 17.3. The van der Waals surface area contributed by atoms with E-state index in [1.165, 1.54) is 6.07 Å². The summed E-state index contributed by atoms with van der Waals surface area (Å²) >= 11 is 12.0. The molecule has 0 spiro atoms. The summed E-state index contributed by atoms with van der Waals surface area (Å²) in [6, 6.07) is 11.1. The summed E-state index contributed by atoms with van der Waals surface area (Å²) in [7, 11) is 1.58. The van der Waals surface area contributed by atoms with Crippen LogP contribution in [-0.4, -0.2) is 25.0 Å². The zero-order valence-corrected chi connectivity index (χ0v) is 14.3. The van der Waals surface area contributed by atoms with Crippen LogP contribution in [-0.2, 0) is 9.59 Å². The molecule has 1 aliphatic heterocycles. The fourth-order valence-corrected chi connectivity index (χ4v) is 3.04. The van der Waals surface area contributed by atoms with E-state index in [9.17, 15) is 9.59 Å². The van der Waals surface area contributed by atoms with Crippen molar-refractivity contribution in [3.63, 3.8) is 0 Å². The molecular formula is C17H14Cl2N2O3. The largest absolute Gasteiger partial charge is 0.497 e. The number of hydrogen-bond donors (Lipinski definition) is 1. The van der Waals surface area contributed by atoms with Crippen LogP contribution in [0.1, 0.15) is 6.42 Å². The molecule has 0 bridgehead atoms. The molecule has 2 aromatic carbocycles. The van der Waals surface area contributed by atoms with E-state index in [0.717, 1.165) is 10.6 Å². The SMILES string of the molecule is COc1ccc(N[C@@H]2CC(=O)N(c3ccc(Cl)cc3Cl)C2=O)cc1. The number of amides is 2. The van der Waals surface area contributed by atoms with Gasteiger partial charge in [-0.3, -0.25) is 9.59 Å². The molecule has 2 aromatic rings. The Morgan fingerprint density at radius 2 is 1.83 bits per heavy atom. The van der Waals surface area contributed by atoms with Crippen LogP contribution in [0.5, 0.6) is 5.75 Å². The molecule has 0 aliphatic carbocycles. The Morgan fingerprint density at radius 3 is 2.46 bits per heavy atom. The number of anilines is 2. The molecule has 0 aromatic heterocycles. The number of ether oxygens (including phenoxy) is 1. The molecule has 1 aliphatic rings. The van der Waals surface area contributed by atoms with Crippen LogP contribution >= 0.6 is 23.2 Å². The molecule has 124 valence electrons. The maximum absolute atomic E-state index is 12.6. The summed E-state index contributed by atoms with van der Waals surface area (Å²) in [6.07, 6.45) is 0.0593. The van der Waals surface area contributed by atoms with Gasteiger partial charge in [0.25, 0.3) is 5.91 Å². The lowest BCUT2D eigenvalue weighted by atomic mass is 10.2. The highest BCUT2D eigenvalue weighted by Gasteiger charge is 2.40. The number of hydrogen-bond acceptors (Lipinski definition) is 4. The molecule has 5 nitrogen and oxygen atoms in total. The van der Waals surface area contributed by atoms with E-state index >= 15 is 0 Å². The van der Waals surface area contributed by atoms with Crippen molar-refractivity contribution >= 4 is 46.4 Å². The second-order valence-corrected chi connectivity index (χ2v) is 6.14. The van der Waals surface area contributed by atoms with E-state index in [2.05, 4.69) is 5.32 Å². The Hall–Kier alpha value is -2.24. The number of benzene rings is 2. The molecule has 1 fully saturated rings. The molecule has 0 unspecified atom stereocenters. The Kier molecular flexibility index (Phi) is 4.64. The Labute approximate surface area is 149 Å². The van der Waals surface area contributed by atoms with Gasteiger partial charge in [-0.1, -0.05) is 23.2 Å². The summed E-state index contributed by atoms with van der Waals surface area (Å²) < 4.78 is 5.09. The number of carbonyl (C=O) groups excluding carboxylic acids is 2. The number of methoxy groups -OCH3 is 1. The molecule has 0 radical (unpaired) electrons. The van der Waals surface area contributed by atoms with Gasteiger partial charge in [0, 0.05) is 10.7 Å². The summed E-state index contributed by atoms with van der Waals surface area (Å²) in [4.78, 5) is 26.0. The third-order valence-electron chi connectivity index (χ3n) is 3.73. The van der Waals surface area contributed by atoms with Crippen LogP contribution in [0, 0.1) is 0 Å². The molecule has 1 saturated heterocycles. The highest BCUT2D eigenvalue weighted by molar-refractivity contribution is 6.38. The number of halogens is 2. The van der Waals surface area contributed by atoms with Gasteiger partial charge in [-0.15, -0.1) is 0 Å². The summed E-state index contributed by atoms with van der Waals surface area (Å²) in [6.45, 7) is 0. The monoisotopic (exact) mass is 364 g/mol. The summed E-state index contributed by atoms with van der Waals surface area (Å²) in [5, 5.41) is 3.77. The molecule has 1 atom stereocenters. The first-order valence-corrected chi connectivity index (χ1v) is 7.97. The van der Waals surface area contributed by atoms with E-state index < -0.39 is 6.04 Å². The average Bonchev–Trinajstić information content (AvgIpc) is 2.83. The van der Waals surface area contributed by atoms with E-state index in [1.54, 1.807) is 43.5 Å². The van der Waals surface area contributed by atoms with Crippen molar-refractivity contribution in [1.29, 1.82) is 0 Å². The van der Waals surface area contributed by atoms with Crippen LogP contribution in [0.4, 0.5) is 11.4 Å². The smallest absolute Gasteiger partial charge is 0.256 e. The van der Waals surface area contributed by atoms with Gasteiger partial charge >= 0.3 is 0 Å². The molecule has 24 heavy (non-hydrogen) atoms. The number of nitrogens with one attached hydrogen (secondary N) is 1. The van der Waals surface area contributed by atoms with Gasteiger partial charge < -0.3 is 10.1 Å². The minimum atomic E-state index is -0.641. The lowest BCUT2D eigenvalue weighted by molar-refractivity contribution is -0.121. The quantitative estimate of drug-likeness (QED) is 0.839. The lowest BCUT2D eigenvalue weighted by Crippen LogP contribution is -2.35. The fraction of sp³-hybridized carbons (Fsp3) is 0.176. The maximum atomic E-state index is 12.6. The van der Waals surface area contributed by atoms with Crippen molar-refractivity contribution in [3.05, 3.63) is 52.5 Å². The van der Waals surface area contributed by atoms with Crippen molar-refractivity contribution in [2.24, 2.45) is 0 Å². The van der Waals surface area contributed by atoms with Gasteiger partial charge in [0.05, 0.1) is 24.2 Å². The first-order valence-electron chi connectivity index (χ1n) is 7.22. The van der Waals surface area contributed by atoms with Crippen LogP contribution in [0.25, 0.3) is 0 Å². The molecular weight excluding hydrogens is 351 g/mol. The van der Waals surface area contributed by atoms with Crippen molar-refractivity contribution in [1.82, 2.24) is 0 Å². The van der Waals surface area contributed by atoms with Crippen LogP contribution in [0.3, 0.4) is 0 Å². The number of imide groups is 1. The van der Waals surface area contributed by atoms with Crippen molar-refractivity contribution in [2.45, 2.75) is 12.5 Å².